The van der Waals surface area contributed by atoms with Gasteiger partial charge >= 0.3 is 6.03 Å². The fourth-order valence-corrected chi connectivity index (χ4v) is 5.41. The smallest absolute Gasteiger partial charge is 0.323 e. The van der Waals surface area contributed by atoms with E-state index in [9.17, 15) is 14.0 Å². The Bertz CT molecular complexity index is 1520. The molecule has 4 aromatic rings. The van der Waals surface area contributed by atoms with Crippen LogP contribution in [0.25, 0.3) is 0 Å². The normalized spacial score (nSPS) is 13.3. The summed E-state index contributed by atoms with van der Waals surface area (Å²) in [6.45, 7) is 4.27. The molecule has 5 rings (SSSR count). The van der Waals surface area contributed by atoms with E-state index in [0.717, 1.165) is 43.6 Å². The van der Waals surface area contributed by atoms with Gasteiger partial charge in [0.15, 0.2) is 0 Å². The number of nitrogens with one attached hydrogen (secondary N) is 3. The van der Waals surface area contributed by atoms with Crippen LogP contribution in [0.1, 0.15) is 41.3 Å². The molecule has 0 spiro atoms. The molecule has 8 heteroatoms. The molecule has 1 fully saturated rings. The Morgan fingerprint density at radius 1 is 0.860 bits per heavy atom. The van der Waals surface area contributed by atoms with E-state index in [0.29, 0.717) is 35.2 Å². The number of urea groups is 1. The highest BCUT2D eigenvalue weighted by Gasteiger charge is 2.24. The quantitative estimate of drug-likeness (QED) is 0.184. The van der Waals surface area contributed by atoms with Crippen molar-refractivity contribution >= 4 is 29.0 Å². The van der Waals surface area contributed by atoms with Crippen molar-refractivity contribution in [2.24, 2.45) is 5.92 Å². The van der Waals surface area contributed by atoms with Gasteiger partial charge in [0.25, 0.3) is 5.91 Å². The third kappa shape index (κ3) is 8.13. The number of hydrogen-bond donors (Lipinski definition) is 3. The number of nitrogens with zero attached hydrogens (tertiary/aromatic N) is 1. The molecule has 3 N–H and O–H groups in total. The summed E-state index contributed by atoms with van der Waals surface area (Å²) in [5.74, 6) is 0.566. The lowest BCUT2D eigenvalue weighted by molar-refractivity contribution is 0.0951. The van der Waals surface area contributed by atoms with Crippen LogP contribution in [-0.4, -0.2) is 31.6 Å². The molecule has 1 aliphatic rings. The first-order valence-electron chi connectivity index (χ1n) is 14.7. The number of carbonyl (C=O) groups excluding carboxylic acids is 2. The van der Waals surface area contributed by atoms with Gasteiger partial charge in [-0.3, -0.25) is 4.79 Å². The summed E-state index contributed by atoms with van der Waals surface area (Å²) in [5.41, 5.74) is 4.47. The second-order valence-corrected chi connectivity index (χ2v) is 10.7. The molecule has 1 aliphatic heterocycles. The summed E-state index contributed by atoms with van der Waals surface area (Å²) in [6.07, 6.45) is 3.09. The summed E-state index contributed by atoms with van der Waals surface area (Å²) >= 11 is 0. The Morgan fingerprint density at radius 3 is 2.33 bits per heavy atom. The number of carbonyl (C=O) groups is 2. The van der Waals surface area contributed by atoms with Crippen molar-refractivity contribution in [1.82, 2.24) is 5.32 Å². The third-order valence-corrected chi connectivity index (χ3v) is 7.62. The Kier molecular flexibility index (Phi) is 9.90. The van der Waals surface area contributed by atoms with Crippen LogP contribution in [0.4, 0.5) is 26.2 Å². The van der Waals surface area contributed by atoms with Crippen LogP contribution in [0.5, 0.6) is 5.75 Å². The Balaban J connectivity index is 1.31. The summed E-state index contributed by atoms with van der Waals surface area (Å²) in [5, 5.41) is 8.65. The monoisotopic (exact) mass is 580 g/mol. The van der Waals surface area contributed by atoms with Crippen molar-refractivity contribution in [3.63, 3.8) is 0 Å². The molecule has 3 amide bonds. The van der Waals surface area contributed by atoms with Crippen molar-refractivity contribution in [3.8, 4) is 5.75 Å². The van der Waals surface area contributed by atoms with Gasteiger partial charge in [0.05, 0.1) is 17.9 Å². The van der Waals surface area contributed by atoms with E-state index in [2.05, 4.69) is 45.1 Å². The zero-order valence-corrected chi connectivity index (χ0v) is 24.3. The number of anilines is 3. The van der Waals surface area contributed by atoms with Crippen molar-refractivity contribution in [3.05, 3.63) is 120 Å². The van der Waals surface area contributed by atoms with E-state index >= 15 is 0 Å². The van der Waals surface area contributed by atoms with Crippen LogP contribution in [0.2, 0.25) is 0 Å². The molecule has 222 valence electrons. The molecule has 0 unspecified atom stereocenters. The zero-order valence-electron chi connectivity index (χ0n) is 24.3. The predicted octanol–water partition coefficient (Wildman–Crippen LogP) is 7.26. The Hall–Kier alpha value is -4.85. The molecule has 1 saturated heterocycles. The zero-order chi connectivity index (χ0) is 30.0. The molecule has 43 heavy (non-hydrogen) atoms. The van der Waals surface area contributed by atoms with E-state index in [1.54, 1.807) is 30.3 Å². The van der Waals surface area contributed by atoms with Gasteiger partial charge in [-0.05, 0) is 85.7 Å². The first kappa shape index (κ1) is 29.6. The number of hydrogen-bond acceptors (Lipinski definition) is 4. The molecular formula is C35H37FN4O3. The first-order chi connectivity index (χ1) is 21.0. The minimum absolute atomic E-state index is 0.254. The van der Waals surface area contributed by atoms with Crippen LogP contribution in [0.3, 0.4) is 0 Å². The van der Waals surface area contributed by atoms with Crippen molar-refractivity contribution in [2.75, 3.05) is 35.2 Å². The van der Waals surface area contributed by atoms with Gasteiger partial charge in [0.1, 0.15) is 11.6 Å². The number of ether oxygens (including phenoxy) is 1. The molecule has 0 aliphatic carbocycles. The number of piperidine rings is 1. The Morgan fingerprint density at radius 2 is 1.58 bits per heavy atom. The highest BCUT2D eigenvalue weighted by molar-refractivity contribution is 6.04. The van der Waals surface area contributed by atoms with E-state index in [1.165, 1.54) is 17.7 Å². The number of para-hydroxylation sites is 2. The van der Waals surface area contributed by atoms with Crippen LogP contribution >= 0.6 is 0 Å². The molecule has 0 bridgehead atoms. The molecule has 4 aromatic carbocycles. The third-order valence-electron chi connectivity index (χ3n) is 7.62. The first-order valence-corrected chi connectivity index (χ1v) is 14.7. The van der Waals surface area contributed by atoms with Crippen molar-refractivity contribution in [2.45, 2.75) is 32.7 Å². The van der Waals surface area contributed by atoms with E-state index in [1.807, 2.05) is 37.3 Å². The van der Waals surface area contributed by atoms with Crippen LogP contribution < -0.4 is 25.6 Å². The summed E-state index contributed by atoms with van der Waals surface area (Å²) in [4.78, 5) is 28.7. The Labute approximate surface area is 252 Å². The molecule has 0 radical (unpaired) electrons. The van der Waals surface area contributed by atoms with E-state index < -0.39 is 6.03 Å². The number of benzene rings is 4. The second-order valence-electron chi connectivity index (χ2n) is 10.7. The van der Waals surface area contributed by atoms with E-state index in [4.69, 9.17) is 4.74 Å². The van der Waals surface area contributed by atoms with Crippen LogP contribution in [0, 0.1) is 11.7 Å². The van der Waals surface area contributed by atoms with Crippen molar-refractivity contribution < 1.29 is 18.7 Å². The number of halogens is 1. The lowest BCUT2D eigenvalue weighted by Gasteiger charge is -2.35. The largest absolute Gasteiger partial charge is 0.492 e. The van der Waals surface area contributed by atoms with Gasteiger partial charge in [0, 0.05) is 31.0 Å². The van der Waals surface area contributed by atoms with Crippen LogP contribution in [0.15, 0.2) is 97.1 Å². The lowest BCUT2D eigenvalue weighted by Crippen LogP contribution is -2.36. The summed E-state index contributed by atoms with van der Waals surface area (Å²) in [6, 6.07) is 28.8. The van der Waals surface area contributed by atoms with Gasteiger partial charge in [-0.2, -0.15) is 0 Å². The SMILES string of the molecule is CCOc1ccccc1NC(=O)Nc1ccc(N2CCC(Cc3ccccc3)CC2)c(C(=O)NCc2ccc(F)cc2)c1. The highest BCUT2D eigenvalue weighted by atomic mass is 19.1. The predicted molar refractivity (Wildman–Crippen MR) is 169 cm³/mol. The fraction of sp³-hybridized carbons (Fsp3) is 0.257. The average Bonchev–Trinajstić information content (AvgIpc) is 3.02. The van der Waals surface area contributed by atoms with Gasteiger partial charge in [-0.1, -0.05) is 54.6 Å². The average molecular weight is 581 g/mol. The van der Waals surface area contributed by atoms with E-state index in [-0.39, 0.29) is 18.3 Å². The van der Waals surface area contributed by atoms with Gasteiger partial charge in [-0.25, -0.2) is 9.18 Å². The van der Waals surface area contributed by atoms with Crippen LogP contribution in [-0.2, 0) is 13.0 Å². The molecule has 0 aromatic heterocycles. The number of rotatable bonds is 10. The molecular weight excluding hydrogens is 543 g/mol. The van der Waals surface area contributed by atoms with Gasteiger partial charge in [0.2, 0.25) is 0 Å². The lowest BCUT2D eigenvalue weighted by atomic mass is 9.89. The fourth-order valence-electron chi connectivity index (χ4n) is 5.41. The maximum Gasteiger partial charge on any atom is 0.323 e. The molecule has 0 atom stereocenters. The standard InChI is InChI=1S/C35H37FN4O3/c1-2-43-33-11-7-6-10-31(33)39-35(42)38-29-16-17-32(30(23-29)34(41)37-24-27-12-14-28(36)15-13-27)40-20-18-26(19-21-40)22-25-8-4-3-5-9-25/h3-17,23,26H,2,18-22,24H2,1H3,(H,37,41)(H2,38,39,42). The minimum atomic E-state index is -0.445. The van der Waals surface area contributed by atoms with Gasteiger partial charge < -0.3 is 25.6 Å². The minimum Gasteiger partial charge on any atom is -0.492 e. The van der Waals surface area contributed by atoms with Crippen molar-refractivity contribution in [1.29, 1.82) is 0 Å². The number of amides is 3. The summed E-state index contributed by atoms with van der Waals surface area (Å²) in [7, 11) is 0. The molecule has 1 heterocycles. The topological polar surface area (TPSA) is 82.7 Å². The van der Waals surface area contributed by atoms with Gasteiger partial charge in [-0.15, -0.1) is 0 Å². The molecule has 0 saturated carbocycles. The highest BCUT2D eigenvalue weighted by Crippen LogP contribution is 2.31. The maximum absolute atomic E-state index is 13.5. The maximum atomic E-state index is 13.5. The summed E-state index contributed by atoms with van der Waals surface area (Å²) < 4.78 is 19.0. The second kappa shape index (κ2) is 14.4. The molecule has 7 nitrogen and oxygen atoms in total.